The van der Waals surface area contributed by atoms with Crippen LogP contribution in [-0.4, -0.2) is 62.9 Å². The van der Waals surface area contributed by atoms with Crippen molar-refractivity contribution in [1.29, 1.82) is 0 Å². The molecule has 5 atom stereocenters. The number of carbonyl (C=O) groups excluding carboxylic acids is 1. The zero-order valence-corrected chi connectivity index (χ0v) is 11.8. The molecule has 114 valence electrons. The SMILES string of the molecule is O=C(C[C@H]1CC[C@@H](O)[C@@H]2[C@H](O)[C@H](O)CN12)c1ccccc1. The first-order chi connectivity index (χ1) is 10.1. The van der Waals surface area contributed by atoms with E-state index in [1.54, 1.807) is 12.1 Å². The summed E-state index contributed by atoms with van der Waals surface area (Å²) in [5.41, 5.74) is 0.681. The van der Waals surface area contributed by atoms with Crippen molar-refractivity contribution < 1.29 is 20.1 Å². The topological polar surface area (TPSA) is 81.0 Å². The van der Waals surface area contributed by atoms with Gasteiger partial charge in [0.25, 0.3) is 0 Å². The number of piperidine rings is 1. The average Bonchev–Trinajstić information content (AvgIpc) is 2.80. The number of nitrogens with zero attached hydrogens (tertiary/aromatic N) is 1. The Bertz CT molecular complexity index is 506. The third-order valence-electron chi connectivity index (χ3n) is 4.70. The van der Waals surface area contributed by atoms with Crippen molar-refractivity contribution in [2.75, 3.05) is 6.54 Å². The van der Waals surface area contributed by atoms with Gasteiger partial charge in [-0.2, -0.15) is 0 Å². The molecule has 0 aromatic heterocycles. The van der Waals surface area contributed by atoms with Gasteiger partial charge in [-0.3, -0.25) is 9.69 Å². The van der Waals surface area contributed by atoms with Crippen molar-refractivity contribution in [3.05, 3.63) is 35.9 Å². The fraction of sp³-hybridized carbons (Fsp3) is 0.562. The van der Waals surface area contributed by atoms with Crippen molar-refractivity contribution in [3.63, 3.8) is 0 Å². The number of rotatable bonds is 3. The third-order valence-corrected chi connectivity index (χ3v) is 4.70. The molecule has 0 bridgehead atoms. The van der Waals surface area contributed by atoms with Gasteiger partial charge in [-0.1, -0.05) is 30.3 Å². The minimum absolute atomic E-state index is 0.0297. The largest absolute Gasteiger partial charge is 0.391 e. The highest BCUT2D eigenvalue weighted by Gasteiger charge is 2.49. The molecule has 2 fully saturated rings. The molecule has 0 aliphatic carbocycles. The number of aliphatic hydroxyl groups is 3. The second kappa shape index (κ2) is 5.85. The number of fused-ring (bicyclic) bond motifs is 1. The maximum Gasteiger partial charge on any atom is 0.164 e. The van der Waals surface area contributed by atoms with E-state index in [9.17, 15) is 20.1 Å². The highest BCUT2D eigenvalue weighted by atomic mass is 16.3. The van der Waals surface area contributed by atoms with Gasteiger partial charge in [-0.15, -0.1) is 0 Å². The molecule has 2 aliphatic heterocycles. The molecular weight excluding hydrogens is 270 g/mol. The Hall–Kier alpha value is -1.27. The molecule has 0 unspecified atom stereocenters. The maximum atomic E-state index is 12.3. The van der Waals surface area contributed by atoms with Crippen LogP contribution in [0, 0.1) is 0 Å². The molecule has 5 nitrogen and oxygen atoms in total. The van der Waals surface area contributed by atoms with Crippen LogP contribution in [0.3, 0.4) is 0 Å². The van der Waals surface area contributed by atoms with Crippen LogP contribution in [0.2, 0.25) is 0 Å². The Morgan fingerprint density at radius 3 is 2.52 bits per heavy atom. The Labute approximate surface area is 123 Å². The molecule has 2 aliphatic rings. The number of aliphatic hydroxyl groups excluding tert-OH is 3. The number of Topliss-reactive ketones (excluding diaryl/α,β-unsaturated/α-hetero) is 1. The Balaban J connectivity index is 1.73. The van der Waals surface area contributed by atoms with Gasteiger partial charge in [0.2, 0.25) is 0 Å². The number of benzene rings is 1. The Morgan fingerprint density at radius 2 is 1.81 bits per heavy atom. The first kappa shape index (κ1) is 14.7. The van der Waals surface area contributed by atoms with Crippen LogP contribution in [0.25, 0.3) is 0 Å². The number of ketones is 1. The highest BCUT2D eigenvalue weighted by molar-refractivity contribution is 5.96. The predicted molar refractivity (Wildman–Crippen MR) is 76.9 cm³/mol. The van der Waals surface area contributed by atoms with Crippen molar-refractivity contribution in [3.8, 4) is 0 Å². The van der Waals surface area contributed by atoms with E-state index in [2.05, 4.69) is 0 Å². The van der Waals surface area contributed by atoms with Gasteiger partial charge < -0.3 is 15.3 Å². The molecular formula is C16H21NO4. The first-order valence-electron chi connectivity index (χ1n) is 7.46. The Kier molecular flexibility index (Phi) is 4.08. The van der Waals surface area contributed by atoms with E-state index in [0.717, 1.165) is 0 Å². The average molecular weight is 291 g/mol. The standard InChI is InChI=1S/C16H21NO4/c18-12-7-6-11(17-9-14(20)16(21)15(12)17)8-13(19)10-4-2-1-3-5-10/h1-5,11-12,14-16,18,20-21H,6-9H2/t11-,12-,14-,15-,16-/m1/s1. The van der Waals surface area contributed by atoms with E-state index in [-0.39, 0.29) is 11.8 Å². The molecule has 1 aromatic rings. The molecule has 1 aromatic carbocycles. The smallest absolute Gasteiger partial charge is 0.164 e. The lowest BCUT2D eigenvalue weighted by molar-refractivity contribution is -0.0453. The van der Waals surface area contributed by atoms with Crippen molar-refractivity contribution in [1.82, 2.24) is 4.90 Å². The lowest BCUT2D eigenvalue weighted by atomic mass is 9.89. The number of carbonyl (C=O) groups is 1. The molecule has 3 N–H and O–H groups in total. The molecule has 0 amide bonds. The van der Waals surface area contributed by atoms with Crippen molar-refractivity contribution >= 4 is 5.78 Å². The molecule has 2 saturated heterocycles. The summed E-state index contributed by atoms with van der Waals surface area (Å²) in [7, 11) is 0. The van der Waals surface area contributed by atoms with E-state index in [4.69, 9.17) is 0 Å². The van der Waals surface area contributed by atoms with Crippen LogP contribution in [0.4, 0.5) is 0 Å². The lowest BCUT2D eigenvalue weighted by Gasteiger charge is -2.40. The molecule has 21 heavy (non-hydrogen) atoms. The minimum Gasteiger partial charge on any atom is -0.391 e. The first-order valence-corrected chi connectivity index (χ1v) is 7.46. The zero-order valence-electron chi connectivity index (χ0n) is 11.8. The number of hydrogen-bond donors (Lipinski definition) is 3. The normalized spacial score (nSPS) is 36.4. The Morgan fingerprint density at radius 1 is 1.10 bits per heavy atom. The molecule has 0 saturated carbocycles. The summed E-state index contributed by atoms with van der Waals surface area (Å²) in [5, 5.41) is 29.9. The van der Waals surface area contributed by atoms with Crippen molar-refractivity contribution in [2.45, 2.75) is 49.7 Å². The molecule has 0 spiro atoms. The van der Waals surface area contributed by atoms with Gasteiger partial charge in [0.1, 0.15) is 0 Å². The predicted octanol–water partition coefficient (Wildman–Crippen LogP) is 0.189. The van der Waals surface area contributed by atoms with Crippen LogP contribution >= 0.6 is 0 Å². The summed E-state index contributed by atoms with van der Waals surface area (Å²) in [6, 6.07) is 8.65. The fourth-order valence-corrected chi connectivity index (χ4v) is 3.59. The van der Waals surface area contributed by atoms with Gasteiger partial charge in [0.05, 0.1) is 24.4 Å². The van der Waals surface area contributed by atoms with Gasteiger partial charge in [0.15, 0.2) is 5.78 Å². The quantitative estimate of drug-likeness (QED) is 0.693. The van der Waals surface area contributed by atoms with Gasteiger partial charge >= 0.3 is 0 Å². The third kappa shape index (κ3) is 2.74. The zero-order chi connectivity index (χ0) is 15.0. The maximum absolute atomic E-state index is 12.3. The fourth-order valence-electron chi connectivity index (χ4n) is 3.59. The molecule has 3 rings (SSSR count). The molecule has 0 radical (unpaired) electrons. The van der Waals surface area contributed by atoms with E-state index in [1.165, 1.54) is 0 Å². The van der Waals surface area contributed by atoms with Gasteiger partial charge in [-0.05, 0) is 12.8 Å². The van der Waals surface area contributed by atoms with Crippen LogP contribution < -0.4 is 0 Å². The monoisotopic (exact) mass is 291 g/mol. The number of hydrogen-bond acceptors (Lipinski definition) is 5. The second-order valence-electron chi connectivity index (χ2n) is 6.04. The highest BCUT2D eigenvalue weighted by Crippen LogP contribution is 2.33. The van der Waals surface area contributed by atoms with E-state index >= 15 is 0 Å². The van der Waals surface area contributed by atoms with Crippen LogP contribution in [0.15, 0.2) is 30.3 Å². The van der Waals surface area contributed by atoms with Crippen molar-refractivity contribution in [2.24, 2.45) is 0 Å². The van der Waals surface area contributed by atoms with Crippen LogP contribution in [-0.2, 0) is 0 Å². The van der Waals surface area contributed by atoms with Crippen LogP contribution in [0.1, 0.15) is 29.6 Å². The van der Waals surface area contributed by atoms with E-state index in [0.29, 0.717) is 31.4 Å². The van der Waals surface area contributed by atoms with Gasteiger partial charge in [-0.25, -0.2) is 0 Å². The van der Waals surface area contributed by atoms with Gasteiger partial charge in [0, 0.05) is 24.6 Å². The lowest BCUT2D eigenvalue weighted by Crippen LogP contribution is -2.53. The molecule has 2 heterocycles. The van der Waals surface area contributed by atoms with E-state index in [1.807, 2.05) is 23.1 Å². The summed E-state index contributed by atoms with van der Waals surface area (Å²) in [6.45, 7) is 0.315. The minimum atomic E-state index is -0.936. The second-order valence-corrected chi connectivity index (χ2v) is 6.04. The summed E-state index contributed by atoms with van der Waals surface area (Å²) < 4.78 is 0. The molecule has 5 heteroatoms. The van der Waals surface area contributed by atoms with E-state index < -0.39 is 24.4 Å². The summed E-state index contributed by atoms with van der Waals surface area (Å²) in [4.78, 5) is 14.2. The summed E-state index contributed by atoms with van der Waals surface area (Å²) in [6.07, 6.45) is -0.813. The summed E-state index contributed by atoms with van der Waals surface area (Å²) in [5.74, 6) is 0.0617. The van der Waals surface area contributed by atoms with Crippen LogP contribution in [0.5, 0.6) is 0 Å². The summed E-state index contributed by atoms with van der Waals surface area (Å²) >= 11 is 0.